The van der Waals surface area contributed by atoms with Gasteiger partial charge >= 0.3 is 11.7 Å². The van der Waals surface area contributed by atoms with Gasteiger partial charge < -0.3 is 9.47 Å². The molecule has 0 heterocycles. The Kier molecular flexibility index (Phi) is 4.34. The molecule has 0 radical (unpaired) electrons. The molecule has 0 unspecified atom stereocenters. The minimum atomic E-state index is -0.787. The first kappa shape index (κ1) is 15.0. The summed E-state index contributed by atoms with van der Waals surface area (Å²) in [4.78, 5) is 22.4. The molecule has 0 N–H and O–H groups in total. The van der Waals surface area contributed by atoms with Gasteiger partial charge in [0, 0.05) is 0 Å². The fourth-order valence-corrected chi connectivity index (χ4v) is 1.73. The van der Waals surface area contributed by atoms with E-state index in [0.717, 1.165) is 6.07 Å². The molecule has 0 aliphatic rings. The zero-order chi connectivity index (χ0) is 16.1. The van der Waals surface area contributed by atoms with Crippen molar-refractivity contribution < 1.29 is 19.2 Å². The van der Waals surface area contributed by atoms with E-state index in [1.54, 1.807) is 0 Å². The first-order chi connectivity index (χ1) is 10.5. The summed E-state index contributed by atoms with van der Waals surface area (Å²) in [5, 5.41) is 19.8. The summed E-state index contributed by atoms with van der Waals surface area (Å²) in [6, 6.07) is 11.6. The third kappa shape index (κ3) is 3.19. The van der Waals surface area contributed by atoms with Gasteiger partial charge in [-0.05, 0) is 30.3 Å². The van der Waals surface area contributed by atoms with Crippen LogP contribution in [-0.4, -0.2) is 18.0 Å². The number of rotatable bonds is 4. The van der Waals surface area contributed by atoms with E-state index in [2.05, 4.69) is 0 Å². The van der Waals surface area contributed by atoms with Gasteiger partial charge in [-0.25, -0.2) is 4.79 Å². The second kappa shape index (κ2) is 6.37. The number of esters is 1. The predicted octanol–water partition coefficient (Wildman–Crippen LogP) is 2.69. The van der Waals surface area contributed by atoms with Gasteiger partial charge in [-0.3, -0.25) is 10.1 Å². The van der Waals surface area contributed by atoms with E-state index in [-0.39, 0.29) is 22.7 Å². The van der Waals surface area contributed by atoms with E-state index < -0.39 is 10.9 Å². The van der Waals surface area contributed by atoms with Gasteiger partial charge in [-0.15, -0.1) is 0 Å². The summed E-state index contributed by atoms with van der Waals surface area (Å²) in [5.41, 5.74) is 0.0342. The van der Waals surface area contributed by atoms with E-state index in [1.807, 2.05) is 6.07 Å². The quantitative estimate of drug-likeness (QED) is 0.372. The Labute approximate surface area is 125 Å². The Hall–Kier alpha value is -3.40. The Morgan fingerprint density at radius 3 is 2.68 bits per heavy atom. The molecule has 0 amide bonds. The number of hydrogen-bond donors (Lipinski definition) is 0. The van der Waals surface area contributed by atoms with Crippen molar-refractivity contribution in [3.63, 3.8) is 0 Å². The van der Waals surface area contributed by atoms with Crippen molar-refractivity contribution in [1.29, 1.82) is 5.26 Å². The van der Waals surface area contributed by atoms with Crippen LogP contribution in [0.15, 0.2) is 42.5 Å². The lowest BCUT2D eigenvalue weighted by molar-refractivity contribution is -0.385. The molecule has 2 rings (SSSR count). The predicted molar refractivity (Wildman–Crippen MR) is 75.8 cm³/mol. The molecule has 0 fully saturated rings. The van der Waals surface area contributed by atoms with E-state index in [0.29, 0.717) is 5.56 Å². The van der Waals surface area contributed by atoms with Crippen molar-refractivity contribution in [2.45, 2.75) is 0 Å². The fraction of sp³-hybridized carbons (Fsp3) is 0.0667. The van der Waals surface area contributed by atoms with Crippen LogP contribution in [0.1, 0.15) is 15.9 Å². The minimum Gasteiger partial charge on any atom is -0.496 e. The maximum absolute atomic E-state index is 12.0. The number of methoxy groups -OCH3 is 1. The third-order valence-corrected chi connectivity index (χ3v) is 2.79. The first-order valence-corrected chi connectivity index (χ1v) is 6.10. The molecule has 2 aromatic rings. The van der Waals surface area contributed by atoms with Gasteiger partial charge in [0.05, 0.1) is 35.3 Å². The monoisotopic (exact) mass is 298 g/mol. The average molecular weight is 298 g/mol. The highest BCUT2D eigenvalue weighted by molar-refractivity contribution is 5.92. The molecule has 22 heavy (non-hydrogen) atoms. The fourth-order valence-electron chi connectivity index (χ4n) is 1.73. The van der Waals surface area contributed by atoms with E-state index in [9.17, 15) is 14.9 Å². The normalized spacial score (nSPS) is 9.64. The molecule has 7 nitrogen and oxygen atoms in total. The van der Waals surface area contributed by atoms with Crippen LogP contribution in [0.3, 0.4) is 0 Å². The highest BCUT2D eigenvalue weighted by Gasteiger charge is 2.20. The molecule has 0 saturated heterocycles. The Balaban J connectivity index is 2.32. The number of nitro groups is 1. The summed E-state index contributed by atoms with van der Waals surface area (Å²) in [6.07, 6.45) is 0. The van der Waals surface area contributed by atoms with Gasteiger partial charge in [0.1, 0.15) is 5.75 Å². The molecule has 0 aliphatic carbocycles. The molecular weight excluding hydrogens is 288 g/mol. The maximum atomic E-state index is 12.0. The van der Waals surface area contributed by atoms with Crippen LogP contribution in [0.2, 0.25) is 0 Å². The number of benzene rings is 2. The van der Waals surface area contributed by atoms with Crippen molar-refractivity contribution in [2.24, 2.45) is 0 Å². The third-order valence-electron chi connectivity index (χ3n) is 2.79. The lowest BCUT2D eigenvalue weighted by Crippen LogP contribution is -2.10. The number of nitrogens with zero attached hydrogens (tertiary/aromatic N) is 2. The van der Waals surface area contributed by atoms with Crippen LogP contribution in [0.5, 0.6) is 11.5 Å². The summed E-state index contributed by atoms with van der Waals surface area (Å²) in [6.45, 7) is 0. The molecule has 0 bridgehead atoms. The summed E-state index contributed by atoms with van der Waals surface area (Å²) in [5.74, 6) is -0.707. The summed E-state index contributed by atoms with van der Waals surface area (Å²) < 4.78 is 9.95. The van der Waals surface area contributed by atoms with Crippen molar-refractivity contribution in [1.82, 2.24) is 0 Å². The Morgan fingerprint density at radius 2 is 2.05 bits per heavy atom. The molecule has 7 heteroatoms. The van der Waals surface area contributed by atoms with Crippen LogP contribution >= 0.6 is 0 Å². The number of nitro benzene ring substituents is 1. The second-order valence-electron chi connectivity index (χ2n) is 4.17. The number of carbonyl (C=O) groups is 1. The van der Waals surface area contributed by atoms with Gasteiger partial charge in [-0.1, -0.05) is 6.07 Å². The van der Waals surface area contributed by atoms with Crippen molar-refractivity contribution in [3.05, 3.63) is 63.7 Å². The lowest BCUT2D eigenvalue weighted by atomic mass is 10.1. The van der Waals surface area contributed by atoms with Crippen LogP contribution in [0.4, 0.5) is 5.69 Å². The lowest BCUT2D eigenvalue weighted by Gasteiger charge is -2.06. The van der Waals surface area contributed by atoms with E-state index in [4.69, 9.17) is 14.7 Å². The summed E-state index contributed by atoms with van der Waals surface area (Å²) >= 11 is 0. The number of ether oxygens (including phenoxy) is 2. The molecular formula is C15H10N2O5. The second-order valence-corrected chi connectivity index (χ2v) is 4.17. The molecule has 0 atom stereocenters. The molecule has 110 valence electrons. The highest BCUT2D eigenvalue weighted by Crippen LogP contribution is 2.31. The van der Waals surface area contributed by atoms with Crippen molar-refractivity contribution in [2.75, 3.05) is 7.11 Å². The van der Waals surface area contributed by atoms with Crippen LogP contribution < -0.4 is 9.47 Å². The van der Waals surface area contributed by atoms with Gasteiger partial charge in [0.15, 0.2) is 0 Å². The zero-order valence-corrected chi connectivity index (χ0v) is 11.5. The number of nitriles is 1. The highest BCUT2D eigenvalue weighted by atomic mass is 16.6. The van der Waals surface area contributed by atoms with Gasteiger partial charge in [-0.2, -0.15) is 5.26 Å². The number of hydrogen-bond acceptors (Lipinski definition) is 6. The SMILES string of the molecule is COc1ccc(OC(=O)c2cccc(C#N)c2)c([N+](=O)[O-])c1. The molecule has 0 saturated carbocycles. The maximum Gasteiger partial charge on any atom is 0.343 e. The van der Waals surface area contributed by atoms with Crippen molar-refractivity contribution in [3.8, 4) is 17.6 Å². The first-order valence-electron chi connectivity index (χ1n) is 6.10. The molecule has 0 spiro atoms. The zero-order valence-electron chi connectivity index (χ0n) is 11.5. The van der Waals surface area contributed by atoms with Crippen LogP contribution in [0, 0.1) is 21.4 Å². The smallest absolute Gasteiger partial charge is 0.343 e. The van der Waals surface area contributed by atoms with Crippen LogP contribution in [0.25, 0.3) is 0 Å². The average Bonchev–Trinajstić information content (AvgIpc) is 2.55. The van der Waals surface area contributed by atoms with Gasteiger partial charge in [0.2, 0.25) is 5.75 Å². The largest absolute Gasteiger partial charge is 0.496 e. The molecule has 0 aliphatic heterocycles. The van der Waals surface area contributed by atoms with Gasteiger partial charge in [0.25, 0.3) is 0 Å². The Bertz CT molecular complexity index is 780. The minimum absolute atomic E-state index is 0.129. The molecule has 2 aromatic carbocycles. The van der Waals surface area contributed by atoms with E-state index in [1.165, 1.54) is 43.5 Å². The van der Waals surface area contributed by atoms with E-state index >= 15 is 0 Å². The standard InChI is InChI=1S/C15H10N2O5/c1-21-12-5-6-14(13(8-12)17(19)20)22-15(18)11-4-2-3-10(7-11)9-16/h2-8H,1H3. The molecule has 0 aromatic heterocycles. The topological polar surface area (TPSA) is 102 Å². The number of carbonyl (C=O) groups excluding carboxylic acids is 1. The Morgan fingerprint density at radius 1 is 1.27 bits per heavy atom. The van der Waals surface area contributed by atoms with Crippen LogP contribution in [-0.2, 0) is 0 Å². The van der Waals surface area contributed by atoms with Crippen molar-refractivity contribution >= 4 is 11.7 Å². The summed E-state index contributed by atoms with van der Waals surface area (Å²) in [7, 11) is 1.37.